The van der Waals surface area contributed by atoms with Gasteiger partial charge in [0.15, 0.2) is 17.5 Å². The molecule has 2 N–H and O–H groups in total. The molecular formula is C11H11F2N3O. The van der Waals surface area contributed by atoms with Gasteiger partial charge in [0, 0.05) is 5.56 Å². The molecule has 0 fully saturated rings. The van der Waals surface area contributed by atoms with Gasteiger partial charge < -0.3 is 10.3 Å². The highest BCUT2D eigenvalue weighted by molar-refractivity contribution is 5.21. The third-order valence-electron chi connectivity index (χ3n) is 2.26. The van der Waals surface area contributed by atoms with Gasteiger partial charge in [-0.15, -0.1) is 0 Å². The van der Waals surface area contributed by atoms with Crippen LogP contribution in [-0.4, -0.2) is 10.1 Å². The molecular weight excluding hydrogens is 228 g/mol. The van der Waals surface area contributed by atoms with Crippen molar-refractivity contribution >= 4 is 0 Å². The molecule has 0 aliphatic carbocycles. The molecule has 4 nitrogen and oxygen atoms in total. The molecule has 0 saturated carbocycles. The van der Waals surface area contributed by atoms with Gasteiger partial charge in [-0.05, 0) is 13.0 Å². The van der Waals surface area contributed by atoms with Crippen LogP contribution in [0.4, 0.5) is 8.78 Å². The van der Waals surface area contributed by atoms with Gasteiger partial charge in [0.2, 0.25) is 5.89 Å². The van der Waals surface area contributed by atoms with Crippen molar-refractivity contribution in [3.8, 4) is 0 Å². The number of nitrogens with zero attached hydrogens (tertiary/aromatic N) is 2. The number of hydrogen-bond acceptors (Lipinski definition) is 4. The standard InChI is InChI=1S/C11H11F2N3O/c1-6(14)11-15-9(17-16-11)5-7-3-2-4-8(12)10(7)13/h2-4,6H,5,14H2,1H3. The lowest BCUT2D eigenvalue weighted by atomic mass is 10.1. The summed E-state index contributed by atoms with van der Waals surface area (Å²) in [5.74, 6) is -1.24. The number of rotatable bonds is 3. The van der Waals surface area contributed by atoms with Crippen molar-refractivity contribution in [2.45, 2.75) is 19.4 Å². The lowest BCUT2D eigenvalue weighted by molar-refractivity contribution is 0.374. The SMILES string of the molecule is CC(N)c1noc(Cc2cccc(F)c2F)n1. The lowest BCUT2D eigenvalue weighted by Crippen LogP contribution is -2.07. The average Bonchev–Trinajstić information content (AvgIpc) is 2.73. The minimum atomic E-state index is -0.895. The summed E-state index contributed by atoms with van der Waals surface area (Å²) in [6.45, 7) is 1.71. The Hall–Kier alpha value is -1.82. The van der Waals surface area contributed by atoms with E-state index in [0.717, 1.165) is 6.07 Å². The number of aromatic nitrogens is 2. The highest BCUT2D eigenvalue weighted by atomic mass is 19.2. The number of nitrogens with two attached hydrogens (primary N) is 1. The third kappa shape index (κ3) is 2.47. The average molecular weight is 239 g/mol. The van der Waals surface area contributed by atoms with Crippen LogP contribution in [0, 0.1) is 11.6 Å². The van der Waals surface area contributed by atoms with Crippen molar-refractivity contribution in [2.24, 2.45) is 5.73 Å². The van der Waals surface area contributed by atoms with Crippen LogP contribution in [0.1, 0.15) is 30.2 Å². The summed E-state index contributed by atoms with van der Waals surface area (Å²) in [4.78, 5) is 3.98. The van der Waals surface area contributed by atoms with Crippen molar-refractivity contribution in [1.29, 1.82) is 0 Å². The van der Waals surface area contributed by atoms with E-state index in [9.17, 15) is 8.78 Å². The first-order valence-corrected chi connectivity index (χ1v) is 5.09. The Morgan fingerprint density at radius 2 is 2.18 bits per heavy atom. The summed E-state index contributed by atoms with van der Waals surface area (Å²) < 4.78 is 31.2. The molecule has 1 atom stereocenters. The molecule has 0 amide bonds. The largest absolute Gasteiger partial charge is 0.339 e. The summed E-state index contributed by atoms with van der Waals surface area (Å²) in [5, 5.41) is 3.64. The molecule has 0 saturated heterocycles. The van der Waals surface area contributed by atoms with Gasteiger partial charge in [-0.2, -0.15) is 4.98 Å². The monoisotopic (exact) mass is 239 g/mol. The van der Waals surface area contributed by atoms with Gasteiger partial charge in [0.1, 0.15) is 0 Å². The highest BCUT2D eigenvalue weighted by Gasteiger charge is 2.14. The Morgan fingerprint density at radius 1 is 1.41 bits per heavy atom. The second kappa shape index (κ2) is 4.58. The Balaban J connectivity index is 2.22. The fourth-order valence-corrected chi connectivity index (χ4v) is 1.37. The fraction of sp³-hybridized carbons (Fsp3) is 0.273. The zero-order chi connectivity index (χ0) is 12.4. The minimum Gasteiger partial charge on any atom is -0.339 e. The van der Waals surface area contributed by atoms with Crippen LogP contribution < -0.4 is 5.73 Å². The number of hydrogen-bond donors (Lipinski definition) is 1. The van der Waals surface area contributed by atoms with Gasteiger partial charge in [0.05, 0.1) is 12.5 Å². The lowest BCUT2D eigenvalue weighted by Gasteiger charge is -1.99. The van der Waals surface area contributed by atoms with Crippen LogP contribution in [0.5, 0.6) is 0 Å². The molecule has 0 bridgehead atoms. The Labute approximate surface area is 96.4 Å². The molecule has 0 aliphatic heterocycles. The van der Waals surface area contributed by atoms with Crippen LogP contribution in [0.25, 0.3) is 0 Å². The van der Waals surface area contributed by atoms with E-state index in [2.05, 4.69) is 10.1 Å². The van der Waals surface area contributed by atoms with E-state index >= 15 is 0 Å². The van der Waals surface area contributed by atoms with Crippen molar-refractivity contribution in [2.75, 3.05) is 0 Å². The molecule has 17 heavy (non-hydrogen) atoms. The van der Waals surface area contributed by atoms with Crippen LogP contribution in [0.2, 0.25) is 0 Å². The molecule has 1 aromatic carbocycles. The molecule has 6 heteroatoms. The van der Waals surface area contributed by atoms with E-state index in [1.807, 2.05) is 0 Å². The maximum absolute atomic E-state index is 13.4. The first-order chi connectivity index (χ1) is 8.08. The quantitative estimate of drug-likeness (QED) is 0.889. The van der Waals surface area contributed by atoms with Crippen molar-refractivity contribution in [3.05, 3.63) is 47.1 Å². The van der Waals surface area contributed by atoms with Gasteiger partial charge in [0.25, 0.3) is 0 Å². The molecule has 0 radical (unpaired) electrons. The smallest absolute Gasteiger partial charge is 0.231 e. The molecule has 1 heterocycles. The normalized spacial score (nSPS) is 12.7. The zero-order valence-corrected chi connectivity index (χ0v) is 9.15. The maximum atomic E-state index is 13.4. The Kier molecular flexibility index (Phi) is 3.14. The molecule has 0 spiro atoms. The molecule has 1 aromatic heterocycles. The van der Waals surface area contributed by atoms with E-state index in [1.54, 1.807) is 6.92 Å². The summed E-state index contributed by atoms with van der Waals surface area (Å²) in [6.07, 6.45) is 0.0450. The van der Waals surface area contributed by atoms with E-state index in [0.29, 0.717) is 5.82 Å². The molecule has 2 rings (SSSR count). The van der Waals surface area contributed by atoms with Gasteiger partial charge >= 0.3 is 0 Å². The van der Waals surface area contributed by atoms with Crippen molar-refractivity contribution in [3.63, 3.8) is 0 Å². The molecule has 90 valence electrons. The van der Waals surface area contributed by atoms with Crippen LogP contribution >= 0.6 is 0 Å². The van der Waals surface area contributed by atoms with E-state index in [-0.39, 0.29) is 23.9 Å². The predicted molar refractivity (Wildman–Crippen MR) is 56.1 cm³/mol. The van der Waals surface area contributed by atoms with Gasteiger partial charge in [-0.1, -0.05) is 17.3 Å². The zero-order valence-electron chi connectivity index (χ0n) is 9.15. The van der Waals surface area contributed by atoms with Crippen LogP contribution in [0.15, 0.2) is 22.7 Å². The van der Waals surface area contributed by atoms with Crippen molar-refractivity contribution in [1.82, 2.24) is 10.1 Å². The summed E-state index contributed by atoms with van der Waals surface area (Å²) in [5.41, 5.74) is 5.73. The van der Waals surface area contributed by atoms with E-state index in [4.69, 9.17) is 10.3 Å². The molecule has 0 aliphatic rings. The maximum Gasteiger partial charge on any atom is 0.231 e. The Bertz CT molecular complexity index is 525. The molecule has 2 aromatic rings. The van der Waals surface area contributed by atoms with E-state index < -0.39 is 11.6 Å². The number of halogens is 2. The van der Waals surface area contributed by atoms with Crippen LogP contribution in [0.3, 0.4) is 0 Å². The third-order valence-corrected chi connectivity index (χ3v) is 2.26. The Morgan fingerprint density at radius 3 is 2.82 bits per heavy atom. The van der Waals surface area contributed by atoms with Gasteiger partial charge in [-0.25, -0.2) is 8.78 Å². The second-order valence-corrected chi connectivity index (χ2v) is 3.72. The van der Waals surface area contributed by atoms with Gasteiger partial charge in [-0.3, -0.25) is 0 Å². The first kappa shape index (κ1) is 11.7. The highest BCUT2D eigenvalue weighted by Crippen LogP contribution is 2.15. The van der Waals surface area contributed by atoms with Crippen LogP contribution in [-0.2, 0) is 6.42 Å². The summed E-state index contributed by atoms with van der Waals surface area (Å²) >= 11 is 0. The van der Waals surface area contributed by atoms with E-state index in [1.165, 1.54) is 12.1 Å². The number of benzene rings is 1. The summed E-state index contributed by atoms with van der Waals surface area (Å²) in [7, 11) is 0. The fourth-order valence-electron chi connectivity index (χ4n) is 1.37. The second-order valence-electron chi connectivity index (χ2n) is 3.72. The predicted octanol–water partition coefficient (Wildman–Crippen LogP) is 1.96. The minimum absolute atomic E-state index is 0.0450. The first-order valence-electron chi connectivity index (χ1n) is 5.09. The molecule has 1 unspecified atom stereocenters. The van der Waals surface area contributed by atoms with Crippen molar-refractivity contribution < 1.29 is 13.3 Å². The summed E-state index contributed by atoms with van der Waals surface area (Å²) in [6, 6.07) is 3.59. The topological polar surface area (TPSA) is 64.9 Å².